The SMILES string of the molecule is CNc1nnc(Cl)cc1-c1ccccc1C. The lowest BCUT2D eigenvalue weighted by Crippen LogP contribution is -1.98. The van der Waals surface area contributed by atoms with Crippen molar-refractivity contribution >= 4 is 17.4 Å². The molecule has 2 rings (SSSR count). The Balaban J connectivity index is 2.63. The van der Waals surface area contributed by atoms with Crippen molar-refractivity contribution in [2.45, 2.75) is 6.92 Å². The summed E-state index contributed by atoms with van der Waals surface area (Å²) in [5.41, 5.74) is 3.27. The molecule has 0 amide bonds. The third-order valence-corrected chi connectivity index (χ3v) is 2.62. The lowest BCUT2D eigenvalue weighted by Gasteiger charge is -2.09. The zero-order chi connectivity index (χ0) is 11.5. The quantitative estimate of drug-likeness (QED) is 0.866. The van der Waals surface area contributed by atoms with E-state index in [0.717, 1.165) is 16.9 Å². The molecule has 4 heteroatoms. The van der Waals surface area contributed by atoms with Gasteiger partial charge in [0.25, 0.3) is 0 Å². The van der Waals surface area contributed by atoms with E-state index in [1.807, 2.05) is 31.3 Å². The number of benzene rings is 1. The van der Waals surface area contributed by atoms with Crippen LogP contribution >= 0.6 is 11.6 Å². The molecule has 0 saturated heterocycles. The van der Waals surface area contributed by atoms with Crippen LogP contribution in [-0.4, -0.2) is 17.2 Å². The molecule has 1 heterocycles. The number of aryl methyl sites for hydroxylation is 1. The Hall–Kier alpha value is -1.61. The third kappa shape index (κ3) is 1.99. The van der Waals surface area contributed by atoms with Crippen LogP contribution in [0, 0.1) is 6.92 Å². The van der Waals surface area contributed by atoms with Gasteiger partial charge < -0.3 is 5.32 Å². The molecule has 0 radical (unpaired) electrons. The van der Waals surface area contributed by atoms with E-state index in [1.165, 1.54) is 5.56 Å². The molecule has 0 atom stereocenters. The standard InChI is InChI=1S/C12H12ClN3/c1-8-5-3-4-6-9(8)10-7-11(13)15-16-12(10)14-2/h3-7H,1-2H3,(H,14,16). The van der Waals surface area contributed by atoms with E-state index in [2.05, 4.69) is 28.5 Å². The van der Waals surface area contributed by atoms with E-state index in [0.29, 0.717) is 5.15 Å². The molecule has 0 saturated carbocycles. The van der Waals surface area contributed by atoms with Gasteiger partial charge in [-0.15, -0.1) is 10.2 Å². The van der Waals surface area contributed by atoms with E-state index in [-0.39, 0.29) is 0 Å². The van der Waals surface area contributed by atoms with Crippen LogP contribution in [-0.2, 0) is 0 Å². The molecule has 0 spiro atoms. The molecule has 1 aromatic heterocycles. The highest BCUT2D eigenvalue weighted by atomic mass is 35.5. The maximum absolute atomic E-state index is 5.87. The maximum atomic E-state index is 5.87. The number of hydrogen-bond acceptors (Lipinski definition) is 3. The van der Waals surface area contributed by atoms with Crippen molar-refractivity contribution in [1.29, 1.82) is 0 Å². The molecule has 2 aromatic rings. The van der Waals surface area contributed by atoms with Crippen LogP contribution in [0.2, 0.25) is 5.15 Å². The minimum atomic E-state index is 0.400. The number of rotatable bonds is 2. The first kappa shape index (κ1) is 10.9. The fourth-order valence-corrected chi connectivity index (χ4v) is 1.78. The Bertz CT molecular complexity index is 511. The summed E-state index contributed by atoms with van der Waals surface area (Å²) in [7, 11) is 1.82. The smallest absolute Gasteiger partial charge is 0.156 e. The van der Waals surface area contributed by atoms with Crippen molar-refractivity contribution in [3.63, 3.8) is 0 Å². The van der Waals surface area contributed by atoms with Gasteiger partial charge in [0.1, 0.15) is 0 Å². The summed E-state index contributed by atoms with van der Waals surface area (Å²) in [6, 6.07) is 9.93. The van der Waals surface area contributed by atoms with Gasteiger partial charge in [-0.2, -0.15) is 0 Å². The van der Waals surface area contributed by atoms with Crippen molar-refractivity contribution in [3.8, 4) is 11.1 Å². The number of anilines is 1. The molecular formula is C12H12ClN3. The fourth-order valence-electron chi connectivity index (χ4n) is 1.63. The van der Waals surface area contributed by atoms with Crippen LogP contribution in [0.1, 0.15) is 5.56 Å². The number of hydrogen-bond donors (Lipinski definition) is 1. The second kappa shape index (κ2) is 4.49. The van der Waals surface area contributed by atoms with Gasteiger partial charge in [-0.25, -0.2) is 0 Å². The summed E-state index contributed by atoms with van der Waals surface area (Å²) < 4.78 is 0. The minimum Gasteiger partial charge on any atom is -0.371 e. The van der Waals surface area contributed by atoms with Gasteiger partial charge in [-0.3, -0.25) is 0 Å². The Labute approximate surface area is 99.5 Å². The van der Waals surface area contributed by atoms with Crippen molar-refractivity contribution in [2.75, 3.05) is 12.4 Å². The summed E-state index contributed by atoms with van der Waals surface area (Å²) in [5, 5.41) is 11.3. The summed E-state index contributed by atoms with van der Waals surface area (Å²) in [6.45, 7) is 2.06. The Morgan fingerprint density at radius 3 is 2.56 bits per heavy atom. The third-order valence-electron chi connectivity index (χ3n) is 2.44. The fraction of sp³-hybridized carbons (Fsp3) is 0.167. The first-order valence-electron chi connectivity index (χ1n) is 4.99. The summed E-state index contributed by atoms with van der Waals surface area (Å²) in [6.07, 6.45) is 0. The summed E-state index contributed by atoms with van der Waals surface area (Å²) >= 11 is 5.87. The Kier molecular flexibility index (Phi) is 3.06. The number of nitrogens with one attached hydrogen (secondary N) is 1. The van der Waals surface area contributed by atoms with E-state index in [9.17, 15) is 0 Å². The molecule has 82 valence electrons. The first-order valence-corrected chi connectivity index (χ1v) is 5.37. The predicted octanol–water partition coefficient (Wildman–Crippen LogP) is 3.15. The molecule has 1 N–H and O–H groups in total. The zero-order valence-corrected chi connectivity index (χ0v) is 9.92. The van der Waals surface area contributed by atoms with Crippen LogP contribution < -0.4 is 5.32 Å². The van der Waals surface area contributed by atoms with Gasteiger partial charge >= 0.3 is 0 Å². The van der Waals surface area contributed by atoms with Crippen LogP contribution in [0.25, 0.3) is 11.1 Å². The molecular weight excluding hydrogens is 222 g/mol. The highest BCUT2D eigenvalue weighted by Crippen LogP contribution is 2.29. The number of aromatic nitrogens is 2. The van der Waals surface area contributed by atoms with Gasteiger partial charge in [-0.05, 0) is 24.1 Å². The second-order valence-corrected chi connectivity index (χ2v) is 3.88. The molecule has 3 nitrogen and oxygen atoms in total. The van der Waals surface area contributed by atoms with Crippen LogP contribution in [0.3, 0.4) is 0 Å². The van der Waals surface area contributed by atoms with E-state index in [4.69, 9.17) is 11.6 Å². The number of nitrogens with zero attached hydrogens (tertiary/aromatic N) is 2. The topological polar surface area (TPSA) is 37.8 Å². The van der Waals surface area contributed by atoms with Crippen molar-refractivity contribution < 1.29 is 0 Å². The van der Waals surface area contributed by atoms with Gasteiger partial charge in [0, 0.05) is 12.6 Å². The highest BCUT2D eigenvalue weighted by Gasteiger charge is 2.09. The van der Waals surface area contributed by atoms with Gasteiger partial charge in [0.2, 0.25) is 0 Å². The van der Waals surface area contributed by atoms with Crippen molar-refractivity contribution in [1.82, 2.24) is 10.2 Å². The molecule has 1 aromatic carbocycles. The van der Waals surface area contributed by atoms with Gasteiger partial charge in [0.15, 0.2) is 11.0 Å². The normalized spacial score (nSPS) is 10.2. The molecule has 0 bridgehead atoms. The minimum absolute atomic E-state index is 0.400. The van der Waals surface area contributed by atoms with Crippen molar-refractivity contribution in [3.05, 3.63) is 41.0 Å². The summed E-state index contributed by atoms with van der Waals surface area (Å²) in [5.74, 6) is 0.735. The van der Waals surface area contributed by atoms with Gasteiger partial charge in [-0.1, -0.05) is 35.9 Å². The monoisotopic (exact) mass is 233 g/mol. The average Bonchev–Trinajstić information content (AvgIpc) is 2.29. The van der Waals surface area contributed by atoms with E-state index < -0.39 is 0 Å². The summed E-state index contributed by atoms with van der Waals surface area (Å²) in [4.78, 5) is 0. The van der Waals surface area contributed by atoms with Crippen LogP contribution in [0.5, 0.6) is 0 Å². The lowest BCUT2D eigenvalue weighted by atomic mass is 10.0. The molecule has 0 aliphatic heterocycles. The molecule has 0 aliphatic rings. The van der Waals surface area contributed by atoms with E-state index in [1.54, 1.807) is 0 Å². The van der Waals surface area contributed by atoms with E-state index >= 15 is 0 Å². The second-order valence-electron chi connectivity index (χ2n) is 3.49. The predicted molar refractivity (Wildman–Crippen MR) is 66.8 cm³/mol. The largest absolute Gasteiger partial charge is 0.371 e. The van der Waals surface area contributed by atoms with Crippen LogP contribution in [0.4, 0.5) is 5.82 Å². The maximum Gasteiger partial charge on any atom is 0.156 e. The Morgan fingerprint density at radius 2 is 1.88 bits per heavy atom. The molecule has 0 fully saturated rings. The molecule has 0 aliphatic carbocycles. The zero-order valence-electron chi connectivity index (χ0n) is 9.16. The van der Waals surface area contributed by atoms with Crippen LogP contribution in [0.15, 0.2) is 30.3 Å². The molecule has 0 unspecified atom stereocenters. The van der Waals surface area contributed by atoms with Gasteiger partial charge in [0.05, 0.1) is 0 Å². The molecule has 16 heavy (non-hydrogen) atoms. The Morgan fingerprint density at radius 1 is 1.12 bits per heavy atom. The van der Waals surface area contributed by atoms with Crippen molar-refractivity contribution in [2.24, 2.45) is 0 Å². The number of halogens is 1. The average molecular weight is 234 g/mol. The highest BCUT2D eigenvalue weighted by molar-refractivity contribution is 6.29. The first-order chi connectivity index (χ1) is 7.72. The lowest BCUT2D eigenvalue weighted by molar-refractivity contribution is 1.03.